The molecule has 2 heterocycles. The average molecular weight is 280 g/mol. The van der Waals surface area contributed by atoms with Crippen molar-refractivity contribution in [3.05, 3.63) is 23.7 Å². The fraction of sp³-hybridized carbons (Fsp3) is 0.667. The third-order valence-electron chi connectivity index (χ3n) is 4.06. The lowest BCUT2D eigenvalue weighted by atomic mass is 9.91. The summed E-state index contributed by atoms with van der Waals surface area (Å²) in [5, 5.41) is 9.94. The minimum absolute atomic E-state index is 0.131. The minimum Gasteiger partial charge on any atom is -0.455 e. The molecule has 1 aliphatic rings. The largest absolute Gasteiger partial charge is 0.455 e. The zero-order chi connectivity index (χ0) is 14.8. The van der Waals surface area contributed by atoms with Crippen LogP contribution in [-0.4, -0.2) is 52.6 Å². The van der Waals surface area contributed by atoms with Crippen molar-refractivity contribution in [1.82, 2.24) is 9.80 Å². The van der Waals surface area contributed by atoms with E-state index in [0.29, 0.717) is 25.3 Å². The van der Waals surface area contributed by atoms with Gasteiger partial charge in [-0.05, 0) is 31.6 Å². The quantitative estimate of drug-likeness (QED) is 0.862. The molecule has 0 spiro atoms. The molecule has 1 fully saturated rings. The SMILES string of the molecule is CCN(CC)Cc1ccc(C(=O)N2CC(O)(CC)C2)o1. The molecule has 1 aliphatic heterocycles. The number of carbonyl (C=O) groups is 1. The summed E-state index contributed by atoms with van der Waals surface area (Å²) in [6.45, 7) is 9.56. The zero-order valence-electron chi connectivity index (χ0n) is 12.6. The second-order valence-corrected chi connectivity index (χ2v) is 5.47. The van der Waals surface area contributed by atoms with Gasteiger partial charge in [0.05, 0.1) is 25.2 Å². The number of rotatable bonds is 6. The molecule has 1 N–H and O–H groups in total. The summed E-state index contributed by atoms with van der Waals surface area (Å²) in [5.74, 6) is 1.04. The van der Waals surface area contributed by atoms with Crippen molar-refractivity contribution in [2.45, 2.75) is 39.3 Å². The van der Waals surface area contributed by atoms with Crippen molar-refractivity contribution in [3.63, 3.8) is 0 Å². The summed E-state index contributed by atoms with van der Waals surface area (Å²) in [6, 6.07) is 3.59. The van der Waals surface area contributed by atoms with Crippen LogP contribution in [0.2, 0.25) is 0 Å². The number of hydrogen-bond donors (Lipinski definition) is 1. The van der Waals surface area contributed by atoms with E-state index in [-0.39, 0.29) is 5.91 Å². The van der Waals surface area contributed by atoms with Gasteiger partial charge < -0.3 is 14.4 Å². The first-order valence-corrected chi connectivity index (χ1v) is 7.34. The molecule has 1 amide bonds. The lowest BCUT2D eigenvalue weighted by Crippen LogP contribution is -2.63. The highest BCUT2D eigenvalue weighted by Crippen LogP contribution is 2.26. The Morgan fingerprint density at radius 1 is 1.35 bits per heavy atom. The highest BCUT2D eigenvalue weighted by Gasteiger charge is 2.42. The maximum atomic E-state index is 12.2. The summed E-state index contributed by atoms with van der Waals surface area (Å²) >= 11 is 0. The van der Waals surface area contributed by atoms with Gasteiger partial charge in [-0.15, -0.1) is 0 Å². The van der Waals surface area contributed by atoms with E-state index >= 15 is 0 Å². The molecule has 0 saturated carbocycles. The maximum absolute atomic E-state index is 12.2. The van der Waals surface area contributed by atoms with Gasteiger partial charge in [0.1, 0.15) is 5.76 Å². The topological polar surface area (TPSA) is 56.9 Å². The molecule has 20 heavy (non-hydrogen) atoms. The number of nitrogens with zero attached hydrogens (tertiary/aromatic N) is 2. The highest BCUT2D eigenvalue weighted by atomic mass is 16.4. The van der Waals surface area contributed by atoms with E-state index in [1.54, 1.807) is 11.0 Å². The number of carbonyl (C=O) groups excluding carboxylic acids is 1. The molecule has 5 nitrogen and oxygen atoms in total. The van der Waals surface area contributed by atoms with Crippen LogP contribution in [0.3, 0.4) is 0 Å². The van der Waals surface area contributed by atoms with Crippen molar-refractivity contribution in [3.8, 4) is 0 Å². The molecule has 1 aromatic rings. The van der Waals surface area contributed by atoms with Crippen molar-refractivity contribution >= 4 is 5.91 Å². The van der Waals surface area contributed by atoms with Gasteiger partial charge in [0.2, 0.25) is 0 Å². The minimum atomic E-state index is -0.702. The van der Waals surface area contributed by atoms with E-state index in [2.05, 4.69) is 18.7 Å². The van der Waals surface area contributed by atoms with E-state index in [1.165, 1.54) is 0 Å². The second kappa shape index (κ2) is 5.97. The van der Waals surface area contributed by atoms with Gasteiger partial charge >= 0.3 is 0 Å². The van der Waals surface area contributed by atoms with Crippen LogP contribution in [0, 0.1) is 0 Å². The normalized spacial score (nSPS) is 17.4. The maximum Gasteiger partial charge on any atom is 0.289 e. The lowest BCUT2D eigenvalue weighted by Gasteiger charge is -2.45. The summed E-state index contributed by atoms with van der Waals surface area (Å²) in [6.07, 6.45) is 0.669. The standard InChI is InChI=1S/C15H24N2O3/c1-4-15(19)10-17(11-15)14(18)13-8-7-12(20-13)9-16(5-2)6-3/h7-8,19H,4-6,9-11H2,1-3H3. The molecule has 0 aromatic carbocycles. The van der Waals surface area contributed by atoms with Gasteiger partial charge in [0.15, 0.2) is 5.76 Å². The Morgan fingerprint density at radius 3 is 2.55 bits per heavy atom. The Bertz CT molecular complexity index is 459. The molecule has 0 radical (unpaired) electrons. The molecule has 5 heteroatoms. The molecule has 0 unspecified atom stereocenters. The molecule has 0 aliphatic carbocycles. The van der Waals surface area contributed by atoms with Gasteiger partial charge in [0.25, 0.3) is 5.91 Å². The molecule has 0 bridgehead atoms. The van der Waals surface area contributed by atoms with Crippen LogP contribution in [-0.2, 0) is 6.54 Å². The Kier molecular flexibility index (Phi) is 4.50. The predicted molar refractivity (Wildman–Crippen MR) is 76.5 cm³/mol. The summed E-state index contributed by atoms with van der Waals surface area (Å²) in [7, 11) is 0. The Balaban J connectivity index is 1.94. The van der Waals surface area contributed by atoms with Crippen molar-refractivity contribution in [1.29, 1.82) is 0 Å². The van der Waals surface area contributed by atoms with E-state index in [1.807, 2.05) is 13.0 Å². The fourth-order valence-electron chi connectivity index (χ4n) is 2.43. The highest BCUT2D eigenvalue weighted by molar-refractivity contribution is 5.92. The van der Waals surface area contributed by atoms with Gasteiger partial charge in [-0.25, -0.2) is 0 Å². The fourth-order valence-corrected chi connectivity index (χ4v) is 2.43. The average Bonchev–Trinajstić information content (AvgIpc) is 2.89. The first kappa shape index (κ1) is 15.1. The third kappa shape index (κ3) is 3.04. The Morgan fingerprint density at radius 2 is 2.00 bits per heavy atom. The number of likely N-dealkylation sites (tertiary alicyclic amines) is 1. The van der Waals surface area contributed by atoms with E-state index in [4.69, 9.17) is 4.42 Å². The zero-order valence-corrected chi connectivity index (χ0v) is 12.6. The monoisotopic (exact) mass is 280 g/mol. The molecule has 1 saturated heterocycles. The van der Waals surface area contributed by atoms with E-state index in [9.17, 15) is 9.90 Å². The van der Waals surface area contributed by atoms with Gasteiger partial charge in [0, 0.05) is 0 Å². The van der Waals surface area contributed by atoms with Gasteiger partial charge in [-0.1, -0.05) is 20.8 Å². The number of hydrogen-bond acceptors (Lipinski definition) is 4. The number of β-amino-alcohol motifs (C(OH)–C–C–N with tert-alkyl or cyclic N) is 1. The smallest absolute Gasteiger partial charge is 0.289 e. The number of amides is 1. The van der Waals surface area contributed by atoms with Gasteiger partial charge in [-0.2, -0.15) is 0 Å². The van der Waals surface area contributed by atoms with Crippen LogP contribution in [0.15, 0.2) is 16.5 Å². The van der Waals surface area contributed by atoms with Gasteiger partial charge in [-0.3, -0.25) is 9.69 Å². The first-order valence-electron chi connectivity index (χ1n) is 7.34. The molecule has 0 atom stereocenters. The van der Waals surface area contributed by atoms with Crippen LogP contribution >= 0.6 is 0 Å². The number of furan rings is 1. The van der Waals surface area contributed by atoms with Crippen LogP contribution in [0.25, 0.3) is 0 Å². The summed E-state index contributed by atoms with van der Waals surface area (Å²) < 4.78 is 5.62. The molecule has 1 aromatic heterocycles. The number of aliphatic hydroxyl groups is 1. The third-order valence-corrected chi connectivity index (χ3v) is 4.06. The Hall–Kier alpha value is -1.33. The molecule has 2 rings (SSSR count). The lowest BCUT2D eigenvalue weighted by molar-refractivity contribution is -0.0834. The van der Waals surface area contributed by atoms with Crippen molar-refractivity contribution in [2.24, 2.45) is 0 Å². The molecular formula is C15H24N2O3. The Labute approximate surface area is 120 Å². The van der Waals surface area contributed by atoms with E-state index in [0.717, 1.165) is 25.4 Å². The van der Waals surface area contributed by atoms with Crippen molar-refractivity contribution in [2.75, 3.05) is 26.2 Å². The van der Waals surface area contributed by atoms with Crippen LogP contribution in [0.4, 0.5) is 0 Å². The van der Waals surface area contributed by atoms with Crippen LogP contribution in [0.1, 0.15) is 43.5 Å². The predicted octanol–water partition coefficient (Wildman–Crippen LogP) is 1.72. The van der Waals surface area contributed by atoms with E-state index < -0.39 is 5.60 Å². The summed E-state index contributed by atoms with van der Waals surface area (Å²) in [4.78, 5) is 16.0. The first-order chi connectivity index (χ1) is 9.51. The van der Waals surface area contributed by atoms with Crippen LogP contribution < -0.4 is 0 Å². The molecule has 112 valence electrons. The van der Waals surface area contributed by atoms with Crippen molar-refractivity contribution < 1.29 is 14.3 Å². The summed E-state index contributed by atoms with van der Waals surface area (Å²) in [5.41, 5.74) is -0.702. The second-order valence-electron chi connectivity index (χ2n) is 5.47. The molecular weight excluding hydrogens is 256 g/mol. The van der Waals surface area contributed by atoms with Crippen LogP contribution in [0.5, 0.6) is 0 Å².